The van der Waals surface area contributed by atoms with Gasteiger partial charge in [-0.05, 0) is 42.4 Å². The molecule has 0 amide bonds. The number of nitrogens with one attached hydrogen (secondary N) is 1. The highest BCUT2D eigenvalue weighted by atomic mass is 35.5. The van der Waals surface area contributed by atoms with E-state index in [1.807, 2.05) is 23.9 Å². The first-order valence-electron chi connectivity index (χ1n) is 6.03. The molecule has 2 N–H and O–H groups in total. The molecule has 17 heavy (non-hydrogen) atoms. The van der Waals surface area contributed by atoms with E-state index in [1.165, 1.54) is 10.5 Å². The molecule has 1 aromatic rings. The molecule has 1 aromatic carbocycles. The van der Waals surface area contributed by atoms with Crippen molar-refractivity contribution in [1.29, 1.82) is 0 Å². The molecular formula is C13H18ClNOS. The number of benzene rings is 1. The second-order valence-corrected chi connectivity index (χ2v) is 5.90. The molecule has 2 nitrogen and oxygen atoms in total. The molecule has 0 aliphatic carbocycles. The summed E-state index contributed by atoms with van der Waals surface area (Å²) < 4.78 is 0. The van der Waals surface area contributed by atoms with Crippen molar-refractivity contribution in [1.82, 2.24) is 5.32 Å². The van der Waals surface area contributed by atoms with Crippen LogP contribution < -0.4 is 5.32 Å². The number of hydrogen-bond donors (Lipinski definition) is 2. The number of hydrogen-bond acceptors (Lipinski definition) is 3. The molecule has 0 radical (unpaired) electrons. The summed E-state index contributed by atoms with van der Waals surface area (Å²) in [4.78, 5) is 1.31. The monoisotopic (exact) mass is 271 g/mol. The van der Waals surface area contributed by atoms with Crippen molar-refractivity contribution in [3.63, 3.8) is 0 Å². The van der Waals surface area contributed by atoms with E-state index >= 15 is 0 Å². The third-order valence-electron chi connectivity index (χ3n) is 3.16. The maximum Gasteiger partial charge on any atom is 0.0584 e. The zero-order chi connectivity index (χ0) is 12.3. The van der Waals surface area contributed by atoms with Gasteiger partial charge in [0.1, 0.15) is 0 Å². The Morgan fingerprint density at radius 3 is 3.12 bits per heavy atom. The van der Waals surface area contributed by atoms with Gasteiger partial charge in [0.25, 0.3) is 0 Å². The van der Waals surface area contributed by atoms with E-state index in [0.29, 0.717) is 6.04 Å². The van der Waals surface area contributed by atoms with Crippen LogP contribution in [-0.4, -0.2) is 23.5 Å². The summed E-state index contributed by atoms with van der Waals surface area (Å²) in [5.74, 6) is 1.12. The van der Waals surface area contributed by atoms with Crippen molar-refractivity contribution in [2.75, 3.05) is 12.4 Å². The zero-order valence-corrected chi connectivity index (χ0v) is 11.5. The van der Waals surface area contributed by atoms with Crippen LogP contribution in [0.25, 0.3) is 0 Å². The Kier molecular flexibility index (Phi) is 4.74. The molecule has 0 spiro atoms. The average Bonchev–Trinajstić information content (AvgIpc) is 2.36. The van der Waals surface area contributed by atoms with Crippen LogP contribution in [0.1, 0.15) is 31.4 Å². The lowest BCUT2D eigenvalue weighted by atomic mass is 10.0. The predicted molar refractivity (Wildman–Crippen MR) is 73.8 cm³/mol. The van der Waals surface area contributed by atoms with E-state index in [1.54, 1.807) is 0 Å². The summed E-state index contributed by atoms with van der Waals surface area (Å²) in [7, 11) is 0. The fourth-order valence-electron chi connectivity index (χ4n) is 2.12. The molecule has 1 aliphatic heterocycles. The van der Waals surface area contributed by atoms with E-state index in [0.717, 1.165) is 23.6 Å². The topological polar surface area (TPSA) is 32.3 Å². The van der Waals surface area contributed by atoms with Crippen molar-refractivity contribution in [2.45, 2.75) is 36.7 Å². The molecule has 0 bridgehead atoms. The Hall–Kier alpha value is -0.220. The molecule has 4 heteroatoms. The number of halogens is 1. The van der Waals surface area contributed by atoms with E-state index < -0.39 is 0 Å². The van der Waals surface area contributed by atoms with Crippen molar-refractivity contribution in [3.05, 3.63) is 28.8 Å². The summed E-state index contributed by atoms with van der Waals surface area (Å²) >= 11 is 7.94. The highest BCUT2D eigenvalue weighted by Crippen LogP contribution is 2.37. The van der Waals surface area contributed by atoms with Crippen molar-refractivity contribution >= 4 is 23.4 Å². The average molecular weight is 272 g/mol. The van der Waals surface area contributed by atoms with Gasteiger partial charge >= 0.3 is 0 Å². The van der Waals surface area contributed by atoms with Gasteiger partial charge in [0.2, 0.25) is 0 Å². The number of fused-ring (bicyclic) bond motifs is 1. The minimum absolute atomic E-state index is 0.176. The summed E-state index contributed by atoms with van der Waals surface area (Å²) in [5, 5.41) is 13.6. The Morgan fingerprint density at radius 2 is 2.41 bits per heavy atom. The molecule has 0 saturated heterocycles. The predicted octanol–water partition coefficient (Wildman–Crippen LogP) is 3.24. The fraction of sp³-hybridized carbons (Fsp3) is 0.538. The van der Waals surface area contributed by atoms with Gasteiger partial charge in [0.05, 0.1) is 6.61 Å². The van der Waals surface area contributed by atoms with E-state index in [2.05, 4.69) is 18.3 Å². The van der Waals surface area contributed by atoms with Crippen molar-refractivity contribution < 1.29 is 5.11 Å². The van der Waals surface area contributed by atoms with Crippen LogP contribution in [0.15, 0.2) is 23.1 Å². The highest BCUT2D eigenvalue weighted by molar-refractivity contribution is 7.99. The largest absolute Gasteiger partial charge is 0.395 e. The van der Waals surface area contributed by atoms with Gasteiger partial charge in [-0.15, -0.1) is 11.8 Å². The first-order chi connectivity index (χ1) is 8.24. The van der Waals surface area contributed by atoms with Gasteiger partial charge in [-0.1, -0.05) is 18.5 Å². The first-order valence-corrected chi connectivity index (χ1v) is 7.40. The molecule has 0 saturated carbocycles. The molecule has 0 aromatic heterocycles. The molecular weight excluding hydrogens is 254 g/mol. The van der Waals surface area contributed by atoms with Gasteiger partial charge in [-0.3, -0.25) is 0 Å². The van der Waals surface area contributed by atoms with Gasteiger partial charge in [0.15, 0.2) is 0 Å². The van der Waals surface area contributed by atoms with Crippen LogP contribution in [0.5, 0.6) is 0 Å². The lowest BCUT2D eigenvalue weighted by Crippen LogP contribution is -2.36. The Morgan fingerprint density at radius 1 is 1.59 bits per heavy atom. The summed E-state index contributed by atoms with van der Waals surface area (Å²) in [6.45, 7) is 2.28. The normalized spacial score (nSPS) is 21.0. The van der Waals surface area contributed by atoms with Crippen molar-refractivity contribution in [2.24, 2.45) is 0 Å². The number of rotatable bonds is 4. The van der Waals surface area contributed by atoms with Gasteiger partial charge in [-0.25, -0.2) is 0 Å². The van der Waals surface area contributed by atoms with E-state index in [9.17, 15) is 5.11 Å². The van der Waals surface area contributed by atoms with Gasteiger partial charge in [-0.2, -0.15) is 0 Å². The Labute approximate surface area is 112 Å². The maximum absolute atomic E-state index is 9.27. The van der Waals surface area contributed by atoms with Gasteiger partial charge in [0, 0.05) is 22.0 Å². The third kappa shape index (κ3) is 3.16. The molecule has 2 rings (SSSR count). The summed E-state index contributed by atoms with van der Waals surface area (Å²) in [5.41, 5.74) is 1.28. The zero-order valence-electron chi connectivity index (χ0n) is 9.95. The van der Waals surface area contributed by atoms with E-state index in [-0.39, 0.29) is 12.6 Å². The van der Waals surface area contributed by atoms with E-state index in [4.69, 9.17) is 11.6 Å². The number of aliphatic hydroxyl groups is 1. The fourth-order valence-corrected chi connectivity index (χ4v) is 3.41. The highest BCUT2D eigenvalue weighted by Gasteiger charge is 2.22. The van der Waals surface area contributed by atoms with Crippen LogP contribution in [0.2, 0.25) is 5.02 Å². The number of aliphatic hydroxyl groups excluding tert-OH is 1. The maximum atomic E-state index is 9.27. The van der Waals surface area contributed by atoms with Crippen LogP contribution >= 0.6 is 23.4 Å². The Bertz CT molecular complexity index is 382. The second kappa shape index (κ2) is 6.10. The lowest BCUT2D eigenvalue weighted by Gasteiger charge is -2.29. The molecule has 1 aliphatic rings. The van der Waals surface area contributed by atoms with Crippen LogP contribution in [-0.2, 0) is 0 Å². The molecule has 94 valence electrons. The smallest absolute Gasteiger partial charge is 0.0584 e. The third-order valence-corrected chi connectivity index (χ3v) is 4.52. The minimum atomic E-state index is 0.176. The van der Waals surface area contributed by atoms with Gasteiger partial charge < -0.3 is 10.4 Å². The van der Waals surface area contributed by atoms with Crippen molar-refractivity contribution in [3.8, 4) is 0 Å². The summed E-state index contributed by atoms with van der Waals surface area (Å²) in [6.07, 6.45) is 2.03. The standard InChI is InChI=1S/C13H18ClNOS/c1-2-10(8-16)15-12-5-6-17-13-4-3-9(14)7-11(12)13/h3-4,7,10,12,15-16H,2,5-6,8H2,1H3/t10-,12?/m1/s1. The van der Waals surface area contributed by atoms with Crippen LogP contribution in [0, 0.1) is 0 Å². The molecule has 0 fully saturated rings. The molecule has 2 atom stereocenters. The number of thioether (sulfide) groups is 1. The van der Waals surface area contributed by atoms with Crippen LogP contribution in [0.4, 0.5) is 0 Å². The first kappa shape index (κ1) is 13.2. The molecule has 1 unspecified atom stereocenters. The second-order valence-electron chi connectivity index (χ2n) is 4.33. The minimum Gasteiger partial charge on any atom is -0.395 e. The molecule has 1 heterocycles. The lowest BCUT2D eigenvalue weighted by molar-refractivity contribution is 0.226. The summed E-state index contributed by atoms with van der Waals surface area (Å²) in [6, 6.07) is 6.58. The SMILES string of the molecule is CC[C@H](CO)NC1CCSc2ccc(Cl)cc21. The Balaban J connectivity index is 2.18. The van der Waals surface area contributed by atoms with Crippen LogP contribution in [0.3, 0.4) is 0 Å². The quantitative estimate of drug-likeness (QED) is 0.882.